The standard InChI is InChI=1S/C28H38O13Si2.2CH4/c1-42(2,13-5-11-37-27(35)19-7-9-21(25(31)32)22(15-19)26(33)34)41-43(3,4)14-6-12-38-28(36)20-8-10-23(39-17-29)24(16-20)40-18-30;;/h7-10,15-16,29-30H,5-6,11-14,17-18H2,1-4H3,(H,31,32)(H,33,34);2*1H4. The zero-order valence-corrected chi connectivity index (χ0v) is 26.6. The molecule has 2 aromatic carbocycles. The second kappa shape index (κ2) is 18.9. The first kappa shape index (κ1) is 41.2. The van der Waals surface area contributed by atoms with Crippen molar-refractivity contribution in [3.63, 3.8) is 0 Å². The van der Waals surface area contributed by atoms with E-state index < -0.39 is 65.2 Å². The molecule has 2 rings (SSSR count). The Balaban J connectivity index is 0.00000968. The first-order valence-corrected chi connectivity index (χ1v) is 19.7. The highest BCUT2D eigenvalue weighted by atomic mass is 28.4. The largest absolute Gasteiger partial charge is 0.478 e. The Kier molecular flexibility index (Phi) is 17.3. The van der Waals surface area contributed by atoms with Crippen molar-refractivity contribution in [2.75, 3.05) is 26.8 Å². The third-order valence-electron chi connectivity index (χ3n) is 6.20. The Hall–Kier alpha value is -3.77. The van der Waals surface area contributed by atoms with Crippen LogP contribution in [0.5, 0.6) is 11.5 Å². The van der Waals surface area contributed by atoms with Crippen LogP contribution in [0.1, 0.15) is 69.1 Å². The van der Waals surface area contributed by atoms with Crippen LogP contribution in [-0.2, 0) is 13.6 Å². The van der Waals surface area contributed by atoms with Crippen molar-refractivity contribution in [1.82, 2.24) is 0 Å². The fourth-order valence-corrected chi connectivity index (χ4v) is 13.2. The van der Waals surface area contributed by atoms with Gasteiger partial charge in [-0.2, -0.15) is 0 Å². The summed E-state index contributed by atoms with van der Waals surface area (Å²) >= 11 is 0. The van der Waals surface area contributed by atoms with Crippen LogP contribution >= 0.6 is 0 Å². The van der Waals surface area contributed by atoms with Gasteiger partial charge < -0.3 is 43.5 Å². The second-order valence-electron chi connectivity index (χ2n) is 10.7. The van der Waals surface area contributed by atoms with E-state index in [-0.39, 0.29) is 50.7 Å². The SMILES string of the molecule is C.C.C[Si](C)(CCCOC(=O)c1ccc(OCO)c(OCO)c1)O[Si](C)(C)CCCOC(=O)c1ccc(C(=O)O)c(C(=O)O)c1. The fraction of sp³-hybridized carbons (Fsp3) is 0.467. The van der Waals surface area contributed by atoms with E-state index >= 15 is 0 Å². The molecule has 0 bridgehead atoms. The van der Waals surface area contributed by atoms with Gasteiger partial charge in [0.05, 0.1) is 35.5 Å². The van der Waals surface area contributed by atoms with Gasteiger partial charge in [0.25, 0.3) is 0 Å². The molecule has 0 atom stereocenters. The topological polar surface area (TPSA) is 195 Å². The summed E-state index contributed by atoms with van der Waals surface area (Å²) in [7, 11) is -4.26. The molecule has 0 saturated carbocycles. The maximum absolute atomic E-state index is 12.5. The summed E-state index contributed by atoms with van der Waals surface area (Å²) < 4.78 is 27.2. The van der Waals surface area contributed by atoms with Crippen LogP contribution in [-0.4, -0.2) is 87.7 Å². The van der Waals surface area contributed by atoms with Crippen LogP contribution in [0.2, 0.25) is 38.3 Å². The lowest BCUT2D eigenvalue weighted by Gasteiger charge is -2.34. The van der Waals surface area contributed by atoms with Crippen molar-refractivity contribution < 1.29 is 62.7 Å². The number of aliphatic hydroxyl groups is 2. The molecule has 2 aromatic rings. The van der Waals surface area contributed by atoms with E-state index in [0.29, 0.717) is 18.9 Å². The first-order valence-electron chi connectivity index (χ1n) is 13.5. The fourth-order valence-electron chi connectivity index (χ4n) is 4.38. The number of rotatable bonds is 18. The van der Waals surface area contributed by atoms with E-state index in [2.05, 4.69) is 26.2 Å². The van der Waals surface area contributed by atoms with Crippen molar-refractivity contribution >= 4 is 40.5 Å². The van der Waals surface area contributed by atoms with Crippen molar-refractivity contribution in [3.05, 3.63) is 58.7 Å². The highest BCUT2D eigenvalue weighted by molar-refractivity contribution is 6.84. The maximum Gasteiger partial charge on any atom is 0.338 e. The molecule has 0 spiro atoms. The molecule has 4 N–H and O–H groups in total. The molecule has 252 valence electrons. The lowest BCUT2D eigenvalue weighted by molar-refractivity contribution is 0.0493. The Morgan fingerprint density at radius 2 is 1.09 bits per heavy atom. The van der Waals surface area contributed by atoms with E-state index in [1.54, 1.807) is 0 Å². The smallest absolute Gasteiger partial charge is 0.338 e. The molecule has 0 aliphatic rings. The highest BCUT2D eigenvalue weighted by Crippen LogP contribution is 2.29. The van der Waals surface area contributed by atoms with Crippen molar-refractivity contribution in [2.24, 2.45) is 0 Å². The minimum absolute atomic E-state index is 0. The van der Waals surface area contributed by atoms with Crippen LogP contribution in [0.25, 0.3) is 0 Å². The quantitative estimate of drug-likeness (QED) is 0.0697. The number of aliphatic hydroxyl groups excluding tert-OH is 2. The molecular formula is C30H46O13Si2. The lowest BCUT2D eigenvalue weighted by Crippen LogP contribution is -2.44. The number of carbonyl (C=O) groups excluding carboxylic acids is 2. The van der Waals surface area contributed by atoms with Gasteiger partial charge in [0, 0.05) is 0 Å². The molecule has 0 aliphatic heterocycles. The molecule has 0 amide bonds. The van der Waals surface area contributed by atoms with Crippen molar-refractivity contribution in [3.8, 4) is 11.5 Å². The van der Waals surface area contributed by atoms with Crippen LogP contribution in [0.3, 0.4) is 0 Å². The Bertz CT molecular complexity index is 1290. The van der Waals surface area contributed by atoms with Crippen molar-refractivity contribution in [1.29, 1.82) is 0 Å². The minimum atomic E-state index is -2.14. The Labute approximate surface area is 265 Å². The van der Waals surface area contributed by atoms with Crippen LogP contribution in [0.4, 0.5) is 0 Å². The van der Waals surface area contributed by atoms with Crippen LogP contribution in [0.15, 0.2) is 36.4 Å². The predicted octanol–water partition coefficient (Wildman–Crippen LogP) is 5.23. The van der Waals surface area contributed by atoms with Gasteiger partial charge in [-0.15, -0.1) is 0 Å². The molecule has 13 nitrogen and oxygen atoms in total. The van der Waals surface area contributed by atoms with E-state index in [9.17, 15) is 24.3 Å². The number of carboxylic acid groups (broad SMARTS) is 2. The van der Waals surface area contributed by atoms with Gasteiger partial charge in [-0.25, -0.2) is 19.2 Å². The van der Waals surface area contributed by atoms with Gasteiger partial charge in [0.1, 0.15) is 0 Å². The molecule has 0 heterocycles. The van der Waals surface area contributed by atoms with Crippen LogP contribution in [0, 0.1) is 0 Å². The third kappa shape index (κ3) is 13.4. The normalized spacial score (nSPS) is 11.0. The molecular weight excluding hydrogens is 624 g/mol. The zero-order chi connectivity index (χ0) is 32.2. The number of hydrogen-bond donors (Lipinski definition) is 4. The number of hydrogen-bond acceptors (Lipinski definition) is 11. The summed E-state index contributed by atoms with van der Waals surface area (Å²) in [6.07, 6.45) is 1.13. The van der Waals surface area contributed by atoms with E-state index in [1.165, 1.54) is 24.3 Å². The highest BCUT2D eigenvalue weighted by Gasteiger charge is 2.32. The van der Waals surface area contributed by atoms with E-state index in [4.69, 9.17) is 38.4 Å². The number of carboxylic acids is 2. The molecule has 45 heavy (non-hydrogen) atoms. The van der Waals surface area contributed by atoms with Gasteiger partial charge in [-0.3, -0.25) is 0 Å². The first-order chi connectivity index (χ1) is 20.2. The number of aromatic carboxylic acids is 2. The van der Waals surface area contributed by atoms with Gasteiger partial charge in [-0.05, 0) is 87.5 Å². The van der Waals surface area contributed by atoms with Gasteiger partial charge >= 0.3 is 23.9 Å². The summed E-state index contributed by atoms with van der Waals surface area (Å²) in [4.78, 5) is 47.4. The van der Waals surface area contributed by atoms with Crippen LogP contribution < -0.4 is 9.47 Å². The number of esters is 2. The lowest BCUT2D eigenvalue weighted by atomic mass is 10.0. The summed E-state index contributed by atoms with van der Waals surface area (Å²) in [5.41, 5.74) is -0.746. The maximum atomic E-state index is 12.5. The molecule has 0 aliphatic carbocycles. The molecule has 15 heteroatoms. The number of benzene rings is 2. The molecule has 0 unspecified atom stereocenters. The summed E-state index contributed by atoms with van der Waals surface area (Å²) in [5, 5.41) is 36.3. The summed E-state index contributed by atoms with van der Waals surface area (Å²) in [5.74, 6) is -3.90. The molecule has 0 radical (unpaired) electrons. The predicted molar refractivity (Wildman–Crippen MR) is 171 cm³/mol. The summed E-state index contributed by atoms with van der Waals surface area (Å²) in [6, 6.07) is 8.99. The second-order valence-corrected chi connectivity index (χ2v) is 19.5. The average Bonchev–Trinajstić information content (AvgIpc) is 2.93. The number of carbonyl (C=O) groups is 4. The molecule has 0 aromatic heterocycles. The molecule has 0 saturated heterocycles. The van der Waals surface area contributed by atoms with Crippen molar-refractivity contribution in [2.45, 2.75) is 66.0 Å². The van der Waals surface area contributed by atoms with Gasteiger partial charge in [0.2, 0.25) is 0 Å². The monoisotopic (exact) mass is 670 g/mol. The zero-order valence-electron chi connectivity index (χ0n) is 24.6. The molecule has 0 fully saturated rings. The van der Waals surface area contributed by atoms with E-state index in [0.717, 1.165) is 18.2 Å². The minimum Gasteiger partial charge on any atom is -0.478 e. The third-order valence-corrected chi connectivity index (χ3v) is 13.7. The average molecular weight is 671 g/mol. The Morgan fingerprint density at radius 3 is 1.56 bits per heavy atom. The number of ether oxygens (including phenoxy) is 4. The Morgan fingerprint density at radius 1 is 0.644 bits per heavy atom. The van der Waals surface area contributed by atoms with E-state index in [1.807, 2.05) is 0 Å². The summed E-state index contributed by atoms with van der Waals surface area (Å²) in [6.45, 7) is 7.36. The van der Waals surface area contributed by atoms with Gasteiger partial charge in [0.15, 0.2) is 41.7 Å². The van der Waals surface area contributed by atoms with Gasteiger partial charge in [-0.1, -0.05) is 14.9 Å².